The lowest BCUT2D eigenvalue weighted by atomic mass is 10.0. The van der Waals surface area contributed by atoms with Crippen molar-refractivity contribution in [3.8, 4) is 0 Å². The Morgan fingerprint density at radius 3 is 2.42 bits per heavy atom. The number of nitro groups is 1. The number of carbonyl (C=O) groups is 1. The summed E-state index contributed by atoms with van der Waals surface area (Å²) in [6, 6.07) is 0. The van der Waals surface area contributed by atoms with Crippen molar-refractivity contribution in [2.75, 3.05) is 13.2 Å². The molecule has 1 aromatic carbocycles. The minimum Gasteiger partial charge on any atom is -0.506 e. The van der Waals surface area contributed by atoms with Crippen molar-refractivity contribution in [1.82, 2.24) is 5.43 Å². The normalized spacial score (nSPS) is 12.1. The molecule has 0 bridgehead atoms. The number of hydrazone groups is 1. The van der Waals surface area contributed by atoms with E-state index < -0.39 is 56.5 Å². The molecule has 0 aliphatic heterocycles. The molecule has 0 aliphatic carbocycles. The zero-order valence-corrected chi connectivity index (χ0v) is 14.1. The lowest BCUT2D eigenvalue weighted by Crippen LogP contribution is -2.15. The Kier molecular flexibility index (Phi) is 7.11. The molecule has 1 aromatic rings. The van der Waals surface area contributed by atoms with E-state index in [1.807, 2.05) is 0 Å². The van der Waals surface area contributed by atoms with Gasteiger partial charge in [0.15, 0.2) is 5.82 Å². The highest BCUT2D eigenvalue weighted by Crippen LogP contribution is 2.35. The maximum atomic E-state index is 14.4. The van der Waals surface area contributed by atoms with Gasteiger partial charge in [-0.05, 0) is 20.8 Å². The lowest BCUT2D eigenvalue weighted by Gasteiger charge is -2.11. The van der Waals surface area contributed by atoms with Crippen LogP contribution in [-0.2, 0) is 9.53 Å². The van der Waals surface area contributed by atoms with Gasteiger partial charge < -0.3 is 15.3 Å². The summed E-state index contributed by atoms with van der Waals surface area (Å²) >= 11 is 0. The fourth-order valence-corrected chi connectivity index (χ4v) is 1.91. The highest BCUT2D eigenvalue weighted by molar-refractivity contribution is 6.15. The number of hydrogen-bond donors (Lipinski definition) is 2. The van der Waals surface area contributed by atoms with Gasteiger partial charge in [-0.15, -0.1) is 0 Å². The van der Waals surface area contributed by atoms with Crippen molar-refractivity contribution in [1.29, 1.82) is 0 Å². The first-order chi connectivity index (χ1) is 12.2. The van der Waals surface area contributed by atoms with Crippen LogP contribution in [-0.4, -0.2) is 35.4 Å². The maximum absolute atomic E-state index is 14.4. The summed E-state index contributed by atoms with van der Waals surface area (Å²) in [6.45, 7) is 4.12. The lowest BCUT2D eigenvalue weighted by molar-refractivity contribution is -0.388. The fourth-order valence-electron chi connectivity index (χ4n) is 1.91. The number of aliphatic hydroxyl groups excluding tert-OH is 1. The van der Waals surface area contributed by atoms with Crippen LogP contribution < -0.4 is 5.43 Å². The van der Waals surface area contributed by atoms with Gasteiger partial charge in [-0.1, -0.05) is 0 Å². The van der Waals surface area contributed by atoms with Crippen LogP contribution in [0.2, 0.25) is 0 Å². The number of benzene rings is 1. The Bertz CT molecular complexity index is 793. The zero-order chi connectivity index (χ0) is 20.0. The van der Waals surface area contributed by atoms with E-state index in [4.69, 9.17) is 0 Å². The maximum Gasteiger partial charge on any atom is 0.343 e. The number of rotatable bonds is 7. The van der Waals surface area contributed by atoms with Crippen LogP contribution in [0.4, 0.5) is 18.9 Å². The number of aliphatic hydroxyl groups is 1. The van der Waals surface area contributed by atoms with Crippen molar-refractivity contribution in [3.05, 3.63) is 44.3 Å². The second-order valence-electron chi connectivity index (χ2n) is 4.80. The van der Waals surface area contributed by atoms with Gasteiger partial charge >= 0.3 is 11.7 Å². The zero-order valence-electron chi connectivity index (χ0n) is 14.1. The van der Waals surface area contributed by atoms with Crippen LogP contribution in [0.1, 0.15) is 25.0 Å². The van der Waals surface area contributed by atoms with Crippen molar-refractivity contribution >= 4 is 23.6 Å². The van der Waals surface area contributed by atoms with Gasteiger partial charge in [0.1, 0.15) is 22.7 Å². The van der Waals surface area contributed by atoms with E-state index in [1.165, 1.54) is 6.92 Å². The van der Waals surface area contributed by atoms with E-state index >= 15 is 0 Å². The molecule has 0 atom stereocenters. The first-order valence-corrected chi connectivity index (χ1v) is 7.36. The largest absolute Gasteiger partial charge is 0.506 e. The number of carbonyl (C=O) groups excluding carboxylic acids is 1. The topological polar surface area (TPSA) is 114 Å². The van der Waals surface area contributed by atoms with Crippen LogP contribution in [0.15, 0.2) is 10.7 Å². The van der Waals surface area contributed by atoms with Gasteiger partial charge in [0.25, 0.3) is 0 Å². The Morgan fingerprint density at radius 1 is 1.31 bits per heavy atom. The highest BCUT2D eigenvalue weighted by Gasteiger charge is 2.35. The monoisotopic (exact) mass is 375 g/mol. The Balaban J connectivity index is 3.84. The van der Waals surface area contributed by atoms with Crippen LogP contribution in [0.3, 0.4) is 0 Å². The van der Waals surface area contributed by atoms with E-state index in [2.05, 4.69) is 15.3 Å². The minimum absolute atomic E-state index is 0.133. The molecule has 0 fully saturated rings. The standard InChI is InChI=1S/C15H16F3N3O5/c1-4-19-20-6-8(15(23)26-5-2)14(22)9-10(16)7(3)11(17)12(18)13(9)21(24)25/h6,19,22H,4-5H2,1-3H3. The summed E-state index contributed by atoms with van der Waals surface area (Å²) in [7, 11) is 0. The molecule has 0 aliphatic rings. The predicted molar refractivity (Wildman–Crippen MR) is 86.1 cm³/mol. The summed E-state index contributed by atoms with van der Waals surface area (Å²) in [5.41, 5.74) is -2.19. The molecule has 26 heavy (non-hydrogen) atoms. The molecule has 0 saturated heterocycles. The van der Waals surface area contributed by atoms with E-state index in [1.54, 1.807) is 6.92 Å². The molecule has 0 unspecified atom stereocenters. The van der Waals surface area contributed by atoms with Crippen molar-refractivity contribution < 1.29 is 32.7 Å². The molecule has 0 spiro atoms. The second-order valence-corrected chi connectivity index (χ2v) is 4.80. The highest BCUT2D eigenvalue weighted by atomic mass is 19.2. The molecule has 2 N–H and O–H groups in total. The van der Waals surface area contributed by atoms with Crippen LogP contribution in [0.5, 0.6) is 0 Å². The SMILES string of the molecule is CCNN=CC(C(=O)OCC)=C(O)c1c(F)c(C)c(F)c(F)c1[N+](=O)[O-]. The number of nitrogens with one attached hydrogen (secondary N) is 1. The smallest absolute Gasteiger partial charge is 0.343 e. The van der Waals surface area contributed by atoms with Gasteiger partial charge in [-0.25, -0.2) is 13.6 Å². The predicted octanol–water partition coefficient (Wildman–Crippen LogP) is 2.75. The molecule has 0 aromatic heterocycles. The molecule has 0 radical (unpaired) electrons. The molecule has 11 heteroatoms. The van der Waals surface area contributed by atoms with Gasteiger partial charge in [-0.3, -0.25) is 10.1 Å². The molecule has 0 heterocycles. The van der Waals surface area contributed by atoms with Crippen molar-refractivity contribution in [2.24, 2.45) is 5.10 Å². The van der Waals surface area contributed by atoms with Gasteiger partial charge in [0.05, 0.1) is 17.7 Å². The van der Waals surface area contributed by atoms with Gasteiger partial charge in [0, 0.05) is 12.1 Å². The van der Waals surface area contributed by atoms with E-state index in [-0.39, 0.29) is 6.61 Å². The van der Waals surface area contributed by atoms with E-state index in [9.17, 15) is 33.2 Å². The third-order valence-corrected chi connectivity index (χ3v) is 3.13. The second kappa shape index (κ2) is 8.83. The number of esters is 1. The van der Waals surface area contributed by atoms with Crippen molar-refractivity contribution in [2.45, 2.75) is 20.8 Å². The van der Waals surface area contributed by atoms with Crippen LogP contribution >= 0.6 is 0 Å². The van der Waals surface area contributed by atoms with Crippen LogP contribution in [0.25, 0.3) is 5.76 Å². The molecule has 0 amide bonds. The molecular formula is C15H16F3N3O5. The number of halogens is 3. The third-order valence-electron chi connectivity index (χ3n) is 3.13. The van der Waals surface area contributed by atoms with Crippen molar-refractivity contribution in [3.63, 3.8) is 0 Å². The Labute approximate surface area is 146 Å². The van der Waals surface area contributed by atoms with Gasteiger partial charge in [-0.2, -0.15) is 9.49 Å². The quantitative estimate of drug-likeness (QED) is 0.144. The van der Waals surface area contributed by atoms with Gasteiger partial charge in [0.2, 0.25) is 5.82 Å². The molecule has 1 rings (SSSR count). The Hall–Kier alpha value is -3.11. The van der Waals surface area contributed by atoms with Crippen LogP contribution in [0, 0.1) is 34.5 Å². The summed E-state index contributed by atoms with van der Waals surface area (Å²) in [6.07, 6.45) is 0.733. The minimum atomic E-state index is -1.97. The number of nitro benzene ring substituents is 1. The molecule has 142 valence electrons. The summed E-state index contributed by atoms with van der Waals surface area (Å²) < 4.78 is 46.7. The summed E-state index contributed by atoms with van der Waals surface area (Å²) in [4.78, 5) is 21.6. The molecule has 8 nitrogen and oxygen atoms in total. The molecular weight excluding hydrogens is 359 g/mol. The first-order valence-electron chi connectivity index (χ1n) is 7.36. The van der Waals surface area contributed by atoms with E-state index in [0.717, 1.165) is 13.1 Å². The number of hydrogen-bond acceptors (Lipinski definition) is 7. The summed E-state index contributed by atoms with van der Waals surface area (Å²) in [5.74, 6) is -7.84. The summed E-state index contributed by atoms with van der Waals surface area (Å²) in [5, 5.41) is 24.9. The first kappa shape index (κ1) is 20.9. The third kappa shape index (κ3) is 4.10. The average molecular weight is 375 g/mol. The fraction of sp³-hybridized carbons (Fsp3) is 0.333. The van der Waals surface area contributed by atoms with E-state index in [0.29, 0.717) is 6.54 Å². The number of ether oxygens (including phenoxy) is 1. The average Bonchev–Trinajstić information content (AvgIpc) is 2.59. The molecule has 0 saturated carbocycles. The number of nitrogens with zero attached hydrogens (tertiary/aromatic N) is 2. The Morgan fingerprint density at radius 2 is 1.92 bits per heavy atom.